The van der Waals surface area contributed by atoms with Crippen LogP contribution in [-0.4, -0.2) is 23.7 Å². The number of morpholine rings is 1. The van der Waals surface area contributed by atoms with Crippen molar-refractivity contribution in [1.29, 1.82) is 0 Å². The van der Waals surface area contributed by atoms with Crippen LogP contribution in [0.3, 0.4) is 0 Å². The first-order valence-corrected chi connectivity index (χ1v) is 7.78. The number of fused-ring (bicyclic) bond motifs is 2. The van der Waals surface area contributed by atoms with Crippen LogP contribution in [-0.2, 0) is 10.9 Å². The van der Waals surface area contributed by atoms with Crippen molar-refractivity contribution in [3.8, 4) is 0 Å². The summed E-state index contributed by atoms with van der Waals surface area (Å²) in [5.74, 6) is 0. The second kappa shape index (κ2) is 5.75. The molecule has 2 aliphatic rings. The summed E-state index contributed by atoms with van der Waals surface area (Å²) in [6.07, 6.45) is -1.82. The molecule has 1 aromatic heterocycles. The monoisotopic (exact) mass is 335 g/mol. The Hall–Kier alpha value is -2.12. The van der Waals surface area contributed by atoms with E-state index in [0.717, 1.165) is 30.3 Å². The van der Waals surface area contributed by atoms with Crippen molar-refractivity contribution in [2.24, 2.45) is 0 Å². The van der Waals surface area contributed by atoms with Crippen LogP contribution in [0.15, 0.2) is 42.6 Å². The molecule has 24 heavy (non-hydrogen) atoms. The summed E-state index contributed by atoms with van der Waals surface area (Å²) in [4.78, 5) is 3.44. The number of alkyl halides is 3. The Morgan fingerprint density at radius 3 is 2.38 bits per heavy atom. The van der Waals surface area contributed by atoms with Crippen molar-refractivity contribution in [1.82, 2.24) is 10.3 Å². The van der Waals surface area contributed by atoms with E-state index in [2.05, 4.69) is 15.6 Å². The van der Waals surface area contributed by atoms with E-state index in [1.165, 1.54) is 12.3 Å². The van der Waals surface area contributed by atoms with Gasteiger partial charge >= 0.3 is 6.18 Å². The Kier molecular flexibility index (Phi) is 3.69. The maximum atomic E-state index is 12.5. The van der Waals surface area contributed by atoms with Gasteiger partial charge in [0.1, 0.15) is 5.69 Å². The SMILES string of the molecule is FC(F)(F)c1ccc(Nc2ccc(C3OC4CNC3C4)cc2)cn1. The van der Waals surface area contributed by atoms with Gasteiger partial charge in [0.15, 0.2) is 0 Å². The molecule has 126 valence electrons. The third kappa shape index (κ3) is 2.97. The van der Waals surface area contributed by atoms with Crippen molar-refractivity contribution in [2.75, 3.05) is 11.9 Å². The van der Waals surface area contributed by atoms with Gasteiger partial charge in [0.2, 0.25) is 0 Å². The quantitative estimate of drug-likeness (QED) is 0.899. The fraction of sp³-hybridized carbons (Fsp3) is 0.353. The first kappa shape index (κ1) is 15.4. The highest BCUT2D eigenvalue weighted by Crippen LogP contribution is 2.37. The van der Waals surface area contributed by atoms with Crippen LogP contribution in [0.5, 0.6) is 0 Å². The molecule has 2 aromatic rings. The molecular weight excluding hydrogens is 319 g/mol. The highest BCUT2D eigenvalue weighted by Gasteiger charge is 2.41. The van der Waals surface area contributed by atoms with Gasteiger partial charge in [-0.15, -0.1) is 0 Å². The molecule has 0 saturated carbocycles. The molecule has 0 radical (unpaired) electrons. The molecule has 1 aromatic carbocycles. The average Bonchev–Trinajstić information content (AvgIpc) is 3.18. The largest absolute Gasteiger partial charge is 0.433 e. The fourth-order valence-electron chi connectivity index (χ4n) is 3.24. The van der Waals surface area contributed by atoms with Crippen LogP contribution in [0.2, 0.25) is 0 Å². The summed E-state index contributed by atoms with van der Waals surface area (Å²) in [5, 5.41) is 6.48. The van der Waals surface area contributed by atoms with E-state index in [1.807, 2.05) is 24.3 Å². The van der Waals surface area contributed by atoms with Gasteiger partial charge in [-0.05, 0) is 36.2 Å². The average molecular weight is 335 g/mol. The molecule has 4 nitrogen and oxygen atoms in total. The molecule has 0 aliphatic carbocycles. The number of aromatic nitrogens is 1. The third-order valence-corrected chi connectivity index (χ3v) is 4.41. The summed E-state index contributed by atoms with van der Waals surface area (Å²) in [7, 11) is 0. The smallest absolute Gasteiger partial charge is 0.367 e. The molecule has 2 aliphatic heterocycles. The molecule has 3 heterocycles. The maximum absolute atomic E-state index is 12.5. The summed E-state index contributed by atoms with van der Waals surface area (Å²) in [6.45, 7) is 0.918. The van der Waals surface area contributed by atoms with Crippen LogP contribution < -0.4 is 10.6 Å². The predicted molar refractivity (Wildman–Crippen MR) is 83.0 cm³/mol. The Bertz CT molecular complexity index is 715. The standard InChI is InChI=1S/C17H16F3N3O/c18-17(19,20)15-6-5-12(8-22-15)23-11-3-1-10(2-4-11)16-14-7-13(24-16)9-21-14/h1-6,8,13-14,16,21,23H,7,9H2. The molecule has 2 fully saturated rings. The number of anilines is 2. The van der Waals surface area contributed by atoms with Gasteiger partial charge in [-0.3, -0.25) is 0 Å². The van der Waals surface area contributed by atoms with Crippen LogP contribution in [0.1, 0.15) is 23.8 Å². The number of halogens is 3. The van der Waals surface area contributed by atoms with E-state index in [-0.39, 0.29) is 6.10 Å². The van der Waals surface area contributed by atoms with Gasteiger partial charge in [0.25, 0.3) is 0 Å². The topological polar surface area (TPSA) is 46.2 Å². The highest BCUT2D eigenvalue weighted by molar-refractivity contribution is 5.59. The van der Waals surface area contributed by atoms with E-state index in [9.17, 15) is 13.2 Å². The van der Waals surface area contributed by atoms with Gasteiger partial charge in [-0.2, -0.15) is 13.2 Å². The Labute approximate surface area is 137 Å². The Balaban J connectivity index is 1.44. The number of hydrogen-bond acceptors (Lipinski definition) is 4. The number of benzene rings is 1. The molecule has 2 bridgehead atoms. The number of ether oxygens (including phenoxy) is 1. The molecule has 2 N–H and O–H groups in total. The Morgan fingerprint density at radius 1 is 1.08 bits per heavy atom. The number of nitrogens with zero attached hydrogens (tertiary/aromatic N) is 1. The zero-order chi connectivity index (χ0) is 16.7. The molecule has 0 amide bonds. The fourth-order valence-corrected chi connectivity index (χ4v) is 3.24. The second-order valence-electron chi connectivity index (χ2n) is 6.11. The molecule has 4 rings (SSSR count). The van der Waals surface area contributed by atoms with E-state index in [4.69, 9.17) is 4.74 Å². The Morgan fingerprint density at radius 2 is 1.83 bits per heavy atom. The van der Waals surface area contributed by atoms with Gasteiger partial charge in [-0.25, -0.2) is 4.98 Å². The molecule has 3 unspecified atom stereocenters. The van der Waals surface area contributed by atoms with Gasteiger partial charge in [-0.1, -0.05) is 12.1 Å². The minimum atomic E-state index is -4.42. The van der Waals surface area contributed by atoms with E-state index < -0.39 is 11.9 Å². The first-order valence-electron chi connectivity index (χ1n) is 7.78. The minimum absolute atomic E-state index is 0.0746. The molecule has 2 saturated heterocycles. The lowest BCUT2D eigenvalue weighted by molar-refractivity contribution is -0.141. The lowest BCUT2D eigenvalue weighted by Crippen LogP contribution is -2.33. The first-order chi connectivity index (χ1) is 11.5. The van der Waals surface area contributed by atoms with E-state index >= 15 is 0 Å². The molecule has 0 spiro atoms. The van der Waals surface area contributed by atoms with Gasteiger partial charge < -0.3 is 15.4 Å². The van der Waals surface area contributed by atoms with Crippen molar-refractivity contribution < 1.29 is 17.9 Å². The second-order valence-corrected chi connectivity index (χ2v) is 6.11. The zero-order valence-electron chi connectivity index (χ0n) is 12.7. The number of nitrogens with one attached hydrogen (secondary N) is 2. The van der Waals surface area contributed by atoms with Crippen LogP contribution in [0.25, 0.3) is 0 Å². The number of rotatable bonds is 3. The van der Waals surface area contributed by atoms with E-state index in [0.29, 0.717) is 17.8 Å². The van der Waals surface area contributed by atoms with Gasteiger partial charge in [0.05, 0.1) is 24.1 Å². The van der Waals surface area contributed by atoms with Crippen LogP contribution in [0, 0.1) is 0 Å². The maximum Gasteiger partial charge on any atom is 0.433 e. The third-order valence-electron chi connectivity index (χ3n) is 4.41. The number of hydrogen-bond donors (Lipinski definition) is 2. The van der Waals surface area contributed by atoms with Crippen LogP contribution in [0.4, 0.5) is 24.5 Å². The molecule has 7 heteroatoms. The van der Waals surface area contributed by atoms with Gasteiger partial charge in [0, 0.05) is 18.3 Å². The number of pyridine rings is 1. The molecular formula is C17H16F3N3O. The van der Waals surface area contributed by atoms with Crippen LogP contribution >= 0.6 is 0 Å². The summed E-state index contributed by atoms with van der Waals surface area (Å²) in [5.41, 5.74) is 1.50. The summed E-state index contributed by atoms with van der Waals surface area (Å²) < 4.78 is 43.5. The minimum Gasteiger partial charge on any atom is -0.367 e. The van der Waals surface area contributed by atoms with Crippen molar-refractivity contribution >= 4 is 11.4 Å². The summed E-state index contributed by atoms with van der Waals surface area (Å²) in [6, 6.07) is 10.4. The molecule has 3 atom stereocenters. The lowest BCUT2D eigenvalue weighted by atomic mass is 10.0. The lowest BCUT2D eigenvalue weighted by Gasteiger charge is -2.23. The highest BCUT2D eigenvalue weighted by atomic mass is 19.4. The normalized spacial score (nSPS) is 25.9. The van der Waals surface area contributed by atoms with Crippen molar-refractivity contribution in [3.05, 3.63) is 53.9 Å². The summed E-state index contributed by atoms with van der Waals surface area (Å²) >= 11 is 0. The predicted octanol–water partition coefficient (Wildman–Crippen LogP) is 3.65. The van der Waals surface area contributed by atoms with Crippen molar-refractivity contribution in [2.45, 2.75) is 30.8 Å². The van der Waals surface area contributed by atoms with Crippen molar-refractivity contribution in [3.63, 3.8) is 0 Å². The zero-order valence-corrected chi connectivity index (χ0v) is 12.7. The van der Waals surface area contributed by atoms with E-state index in [1.54, 1.807) is 0 Å².